The van der Waals surface area contributed by atoms with Crippen molar-refractivity contribution in [2.45, 2.75) is 39.7 Å². The molecular weight excluding hydrogens is 216 g/mol. The summed E-state index contributed by atoms with van der Waals surface area (Å²) in [6, 6.07) is 0. The fraction of sp³-hybridized carbons (Fsp3) is 0.667. The lowest BCUT2D eigenvalue weighted by Crippen LogP contribution is -2.18. The maximum Gasteiger partial charge on any atom is 0.135 e. The van der Waals surface area contributed by atoms with Crippen molar-refractivity contribution >= 4 is 11.6 Å². The molecule has 1 aromatic rings. The second-order valence-electron chi connectivity index (χ2n) is 4.40. The van der Waals surface area contributed by atoms with Crippen LogP contribution in [-0.4, -0.2) is 34.3 Å². The molecule has 0 saturated carbocycles. The molecule has 0 fully saturated rings. The minimum absolute atomic E-state index is 0.321. The topological polar surface area (TPSA) is 70.1 Å². The zero-order chi connectivity index (χ0) is 12.8. The van der Waals surface area contributed by atoms with Crippen molar-refractivity contribution in [1.82, 2.24) is 9.97 Å². The Labute approximate surface area is 103 Å². The van der Waals surface area contributed by atoms with E-state index in [0.29, 0.717) is 12.5 Å². The van der Waals surface area contributed by atoms with Crippen LogP contribution in [0.25, 0.3) is 0 Å². The summed E-state index contributed by atoms with van der Waals surface area (Å²) in [5.74, 6) is 1.99. The van der Waals surface area contributed by atoms with Gasteiger partial charge in [-0.25, -0.2) is 9.97 Å². The first-order chi connectivity index (χ1) is 8.06. The number of hydrogen-bond acceptors (Lipinski definition) is 5. The largest absolute Gasteiger partial charge is 0.392 e. The number of nitrogens with zero attached hydrogens (tertiary/aromatic N) is 2. The second-order valence-corrected chi connectivity index (χ2v) is 4.40. The summed E-state index contributed by atoms with van der Waals surface area (Å²) in [6.45, 7) is 9.30. The molecule has 0 aliphatic rings. The average molecular weight is 238 g/mol. The zero-order valence-corrected chi connectivity index (χ0v) is 11.0. The summed E-state index contributed by atoms with van der Waals surface area (Å²) in [5.41, 5.74) is 1.06. The lowest BCUT2D eigenvalue weighted by molar-refractivity contribution is 0.208. The van der Waals surface area contributed by atoms with Crippen LogP contribution in [0.15, 0.2) is 6.33 Å². The number of hydrogen-bond donors (Lipinski definition) is 3. The molecule has 0 bridgehead atoms. The van der Waals surface area contributed by atoms with Crippen molar-refractivity contribution in [1.29, 1.82) is 0 Å². The molecule has 3 N–H and O–H groups in total. The molecule has 0 saturated heterocycles. The highest BCUT2D eigenvalue weighted by atomic mass is 16.3. The molecule has 1 rings (SSSR count). The first-order valence-electron chi connectivity index (χ1n) is 6.06. The molecule has 0 amide bonds. The molecule has 0 aliphatic heterocycles. The third kappa shape index (κ3) is 3.85. The van der Waals surface area contributed by atoms with Gasteiger partial charge in [0.05, 0.1) is 6.10 Å². The standard InChI is InChI=1S/C12H22N4O/c1-5-13-11-10(8(2)3)12(16-7-15-11)14-6-9(4)17/h7-9,17H,5-6H2,1-4H3,(H2,13,14,15,16). The lowest BCUT2D eigenvalue weighted by Gasteiger charge is -2.17. The molecule has 0 radical (unpaired) electrons. The van der Waals surface area contributed by atoms with E-state index in [1.54, 1.807) is 6.92 Å². The highest BCUT2D eigenvalue weighted by molar-refractivity contribution is 5.58. The smallest absolute Gasteiger partial charge is 0.135 e. The Hall–Kier alpha value is -1.36. The molecule has 5 nitrogen and oxygen atoms in total. The Balaban J connectivity index is 2.98. The SMILES string of the molecule is CCNc1ncnc(NCC(C)O)c1C(C)C. The molecule has 1 aromatic heterocycles. The maximum atomic E-state index is 9.29. The third-order valence-electron chi connectivity index (χ3n) is 2.37. The normalized spacial score (nSPS) is 12.6. The van der Waals surface area contributed by atoms with Crippen molar-refractivity contribution in [2.24, 2.45) is 0 Å². The van der Waals surface area contributed by atoms with E-state index >= 15 is 0 Å². The summed E-state index contributed by atoms with van der Waals surface area (Å²) in [6.07, 6.45) is 1.14. The molecule has 1 heterocycles. The molecule has 1 atom stereocenters. The van der Waals surface area contributed by atoms with E-state index in [1.807, 2.05) is 6.92 Å². The van der Waals surface area contributed by atoms with Gasteiger partial charge in [0.2, 0.25) is 0 Å². The van der Waals surface area contributed by atoms with Gasteiger partial charge in [0, 0.05) is 18.7 Å². The van der Waals surface area contributed by atoms with Gasteiger partial charge >= 0.3 is 0 Å². The van der Waals surface area contributed by atoms with Crippen LogP contribution in [0.1, 0.15) is 39.2 Å². The van der Waals surface area contributed by atoms with Crippen LogP contribution < -0.4 is 10.6 Å². The van der Waals surface area contributed by atoms with Gasteiger partial charge < -0.3 is 15.7 Å². The van der Waals surface area contributed by atoms with E-state index in [1.165, 1.54) is 6.33 Å². The monoisotopic (exact) mass is 238 g/mol. The minimum atomic E-state index is -0.396. The Morgan fingerprint density at radius 3 is 2.24 bits per heavy atom. The lowest BCUT2D eigenvalue weighted by atomic mass is 10.0. The molecule has 17 heavy (non-hydrogen) atoms. The summed E-state index contributed by atoms with van der Waals surface area (Å²) in [5, 5.41) is 15.7. The third-order valence-corrected chi connectivity index (χ3v) is 2.37. The van der Waals surface area contributed by atoms with E-state index in [9.17, 15) is 5.11 Å². The predicted molar refractivity (Wildman–Crippen MR) is 70.5 cm³/mol. The van der Waals surface area contributed by atoms with Crippen LogP contribution in [0.2, 0.25) is 0 Å². The molecular formula is C12H22N4O. The van der Waals surface area contributed by atoms with Gasteiger partial charge in [-0.1, -0.05) is 13.8 Å². The van der Waals surface area contributed by atoms with Gasteiger partial charge in [0.25, 0.3) is 0 Å². The molecule has 5 heteroatoms. The zero-order valence-electron chi connectivity index (χ0n) is 11.0. The second kappa shape index (κ2) is 6.39. The Morgan fingerprint density at radius 2 is 1.76 bits per heavy atom. The van der Waals surface area contributed by atoms with Crippen LogP contribution in [0, 0.1) is 0 Å². The molecule has 0 aliphatic carbocycles. The number of anilines is 2. The fourth-order valence-corrected chi connectivity index (χ4v) is 1.64. The predicted octanol–water partition coefficient (Wildman–Crippen LogP) is 1.82. The number of aliphatic hydroxyl groups excluding tert-OH is 1. The van der Waals surface area contributed by atoms with E-state index in [2.05, 4.69) is 34.4 Å². The first-order valence-corrected chi connectivity index (χ1v) is 6.06. The summed E-state index contributed by atoms with van der Waals surface area (Å²) in [4.78, 5) is 8.49. The average Bonchev–Trinajstić information content (AvgIpc) is 2.26. The van der Waals surface area contributed by atoms with Crippen LogP contribution in [-0.2, 0) is 0 Å². The Kier molecular flexibility index (Phi) is 5.15. The van der Waals surface area contributed by atoms with Crippen molar-refractivity contribution in [2.75, 3.05) is 23.7 Å². The Morgan fingerprint density at radius 1 is 1.18 bits per heavy atom. The fourth-order valence-electron chi connectivity index (χ4n) is 1.64. The van der Waals surface area contributed by atoms with Crippen molar-refractivity contribution in [3.8, 4) is 0 Å². The van der Waals surface area contributed by atoms with Crippen molar-refractivity contribution < 1.29 is 5.11 Å². The summed E-state index contributed by atoms with van der Waals surface area (Å²) in [7, 11) is 0. The van der Waals surface area contributed by atoms with Gasteiger partial charge in [0.15, 0.2) is 0 Å². The van der Waals surface area contributed by atoms with Gasteiger partial charge in [-0.2, -0.15) is 0 Å². The van der Waals surface area contributed by atoms with E-state index in [4.69, 9.17) is 0 Å². The van der Waals surface area contributed by atoms with Crippen LogP contribution in [0.3, 0.4) is 0 Å². The molecule has 96 valence electrons. The number of nitrogens with one attached hydrogen (secondary N) is 2. The van der Waals surface area contributed by atoms with Gasteiger partial charge in [-0.05, 0) is 19.8 Å². The highest BCUT2D eigenvalue weighted by Crippen LogP contribution is 2.28. The quantitative estimate of drug-likeness (QED) is 0.705. The first kappa shape index (κ1) is 13.7. The highest BCUT2D eigenvalue weighted by Gasteiger charge is 2.14. The van der Waals surface area contributed by atoms with Gasteiger partial charge in [-0.15, -0.1) is 0 Å². The Bertz CT molecular complexity index is 352. The van der Waals surface area contributed by atoms with Crippen molar-refractivity contribution in [3.63, 3.8) is 0 Å². The number of rotatable bonds is 6. The minimum Gasteiger partial charge on any atom is -0.392 e. The number of aliphatic hydroxyl groups is 1. The van der Waals surface area contributed by atoms with Crippen LogP contribution >= 0.6 is 0 Å². The molecule has 0 spiro atoms. The van der Waals surface area contributed by atoms with Crippen molar-refractivity contribution in [3.05, 3.63) is 11.9 Å². The van der Waals surface area contributed by atoms with Gasteiger partial charge in [0.1, 0.15) is 18.0 Å². The summed E-state index contributed by atoms with van der Waals surface area (Å²) < 4.78 is 0. The van der Waals surface area contributed by atoms with Crippen LogP contribution in [0.5, 0.6) is 0 Å². The maximum absolute atomic E-state index is 9.29. The summed E-state index contributed by atoms with van der Waals surface area (Å²) >= 11 is 0. The molecule has 0 aromatic carbocycles. The van der Waals surface area contributed by atoms with Crippen LogP contribution in [0.4, 0.5) is 11.6 Å². The van der Waals surface area contributed by atoms with E-state index in [-0.39, 0.29) is 0 Å². The van der Waals surface area contributed by atoms with E-state index < -0.39 is 6.10 Å². The van der Waals surface area contributed by atoms with E-state index in [0.717, 1.165) is 23.7 Å². The number of aromatic nitrogens is 2. The van der Waals surface area contributed by atoms with Gasteiger partial charge in [-0.3, -0.25) is 0 Å². The molecule has 1 unspecified atom stereocenters.